The van der Waals surface area contributed by atoms with E-state index in [1.54, 1.807) is 12.3 Å². The summed E-state index contributed by atoms with van der Waals surface area (Å²) >= 11 is 0. The number of halogens is 3. The molecule has 0 saturated carbocycles. The number of amides is 1. The summed E-state index contributed by atoms with van der Waals surface area (Å²) in [6.45, 7) is 8.03. The van der Waals surface area contributed by atoms with Gasteiger partial charge >= 0.3 is 6.18 Å². The first-order valence-corrected chi connectivity index (χ1v) is 10.1. The van der Waals surface area contributed by atoms with Gasteiger partial charge in [-0.2, -0.15) is 23.4 Å². The lowest BCUT2D eigenvalue weighted by atomic mass is 9.62. The number of nitrogens with zero attached hydrogens (tertiary/aromatic N) is 2. The van der Waals surface area contributed by atoms with Crippen molar-refractivity contribution in [2.75, 3.05) is 0 Å². The van der Waals surface area contributed by atoms with E-state index in [1.165, 1.54) is 6.07 Å². The number of nitrogens with one attached hydrogen (secondary N) is 2. The third-order valence-electron chi connectivity index (χ3n) is 6.40. The summed E-state index contributed by atoms with van der Waals surface area (Å²) in [7, 11) is 0. The molecule has 0 aromatic heterocycles. The van der Waals surface area contributed by atoms with Gasteiger partial charge in [0.25, 0.3) is 0 Å². The molecule has 160 valence electrons. The highest BCUT2D eigenvalue weighted by Crippen LogP contribution is 2.51. The maximum Gasteiger partial charge on any atom is 0.416 e. The van der Waals surface area contributed by atoms with Gasteiger partial charge in [0, 0.05) is 23.7 Å². The standard InChI is InChI=1S/C22H25F3N4O/c1-5-21(12-7-6-8-13(9-12)22(23,24)25)14-11-26-29-18(14)27-15-10-16(20(2,3)4)28-19(30)17(15)21/h6-9,11,16,18,27H,5,10H2,1-4H3,(H,28,30)/t16-,18?,21+/m1/s1. The summed E-state index contributed by atoms with van der Waals surface area (Å²) in [6, 6.07) is 5.16. The molecular weight excluding hydrogens is 393 g/mol. The average Bonchev–Trinajstić information content (AvgIpc) is 3.13. The predicted octanol–water partition coefficient (Wildman–Crippen LogP) is 4.82. The highest BCUT2D eigenvalue weighted by atomic mass is 19.4. The maximum atomic E-state index is 13.5. The zero-order valence-electron chi connectivity index (χ0n) is 17.4. The first-order chi connectivity index (χ1) is 14.0. The van der Waals surface area contributed by atoms with Gasteiger partial charge in [-0.15, -0.1) is 0 Å². The summed E-state index contributed by atoms with van der Waals surface area (Å²) in [5.41, 5.74) is 0.410. The highest BCUT2D eigenvalue weighted by molar-refractivity contribution is 5.99. The molecule has 2 N–H and O–H groups in total. The molecule has 3 aliphatic heterocycles. The van der Waals surface area contributed by atoms with E-state index >= 15 is 0 Å². The predicted molar refractivity (Wildman–Crippen MR) is 106 cm³/mol. The lowest BCUT2D eigenvalue weighted by Crippen LogP contribution is -2.57. The molecule has 0 spiro atoms. The van der Waals surface area contributed by atoms with E-state index in [-0.39, 0.29) is 17.4 Å². The molecule has 1 aromatic rings. The van der Waals surface area contributed by atoms with Crippen molar-refractivity contribution < 1.29 is 18.0 Å². The largest absolute Gasteiger partial charge is 0.416 e. The smallest absolute Gasteiger partial charge is 0.362 e. The molecule has 3 aliphatic rings. The van der Waals surface area contributed by atoms with Crippen LogP contribution in [0.25, 0.3) is 0 Å². The number of hydrogen-bond donors (Lipinski definition) is 2. The summed E-state index contributed by atoms with van der Waals surface area (Å²) in [6.07, 6.45) is -2.40. The molecule has 0 saturated heterocycles. The fourth-order valence-corrected chi connectivity index (χ4v) is 4.74. The molecule has 0 radical (unpaired) electrons. The van der Waals surface area contributed by atoms with Crippen LogP contribution in [0, 0.1) is 5.41 Å². The molecule has 0 aliphatic carbocycles. The average molecular weight is 418 g/mol. The number of carbonyl (C=O) groups excluding carboxylic acids is 1. The third kappa shape index (κ3) is 3.04. The Bertz CT molecular complexity index is 987. The molecule has 0 bridgehead atoms. The molecular formula is C22H25F3N4O. The Morgan fingerprint density at radius 1 is 1.20 bits per heavy atom. The monoisotopic (exact) mass is 418 g/mol. The van der Waals surface area contributed by atoms with Crippen molar-refractivity contribution in [1.29, 1.82) is 0 Å². The molecule has 1 amide bonds. The minimum atomic E-state index is -4.47. The number of azo groups is 1. The van der Waals surface area contributed by atoms with Gasteiger partial charge in [0.05, 0.1) is 22.8 Å². The van der Waals surface area contributed by atoms with E-state index in [9.17, 15) is 18.0 Å². The van der Waals surface area contributed by atoms with Crippen LogP contribution in [0.1, 0.15) is 51.7 Å². The van der Waals surface area contributed by atoms with Gasteiger partial charge in [0.1, 0.15) is 0 Å². The maximum absolute atomic E-state index is 13.5. The Balaban J connectivity index is 1.94. The molecule has 1 unspecified atom stereocenters. The summed E-state index contributed by atoms with van der Waals surface area (Å²) in [5.74, 6) is -0.255. The molecule has 4 rings (SSSR count). The van der Waals surface area contributed by atoms with Gasteiger partial charge in [-0.25, -0.2) is 0 Å². The number of alkyl halides is 3. The van der Waals surface area contributed by atoms with Gasteiger partial charge in [0.2, 0.25) is 5.91 Å². The Morgan fingerprint density at radius 2 is 1.93 bits per heavy atom. The van der Waals surface area contributed by atoms with Gasteiger partial charge in [0.15, 0.2) is 6.17 Å². The van der Waals surface area contributed by atoms with Crippen molar-refractivity contribution in [1.82, 2.24) is 10.6 Å². The van der Waals surface area contributed by atoms with Crippen LogP contribution in [0.4, 0.5) is 13.2 Å². The van der Waals surface area contributed by atoms with Crippen LogP contribution >= 0.6 is 0 Å². The number of carbonyl (C=O) groups is 1. The van der Waals surface area contributed by atoms with Crippen molar-refractivity contribution in [2.45, 2.75) is 64.3 Å². The van der Waals surface area contributed by atoms with Crippen LogP contribution in [-0.2, 0) is 16.4 Å². The van der Waals surface area contributed by atoms with E-state index in [2.05, 4.69) is 20.9 Å². The van der Waals surface area contributed by atoms with E-state index in [0.717, 1.165) is 17.8 Å². The van der Waals surface area contributed by atoms with Crippen LogP contribution in [0.5, 0.6) is 0 Å². The summed E-state index contributed by atoms with van der Waals surface area (Å²) in [5, 5.41) is 14.7. The van der Waals surface area contributed by atoms with Crippen molar-refractivity contribution >= 4 is 5.91 Å². The Hall–Kier alpha value is -2.64. The topological polar surface area (TPSA) is 65.8 Å². The van der Waals surface area contributed by atoms with E-state index in [0.29, 0.717) is 29.6 Å². The van der Waals surface area contributed by atoms with Gasteiger partial charge in [-0.3, -0.25) is 4.79 Å². The minimum Gasteiger partial charge on any atom is -0.362 e. The number of rotatable bonds is 2. The molecule has 3 heterocycles. The Kier molecular flexibility index (Phi) is 4.60. The second-order valence-electron chi connectivity index (χ2n) is 9.15. The number of fused-ring (bicyclic) bond motifs is 1. The SMILES string of the molecule is CC[C@]1(c2cccc(C(F)(F)F)c2)C2=CN=NC2NC2=C1C(=O)N[C@@H](C(C)(C)C)C2. The lowest BCUT2D eigenvalue weighted by Gasteiger charge is -2.48. The fourth-order valence-electron chi connectivity index (χ4n) is 4.74. The normalized spacial score (nSPS) is 28.5. The van der Waals surface area contributed by atoms with E-state index in [1.807, 2.05) is 27.7 Å². The Labute approximate surface area is 173 Å². The van der Waals surface area contributed by atoms with Crippen LogP contribution in [-0.4, -0.2) is 18.1 Å². The molecule has 3 atom stereocenters. The number of benzene rings is 1. The minimum absolute atomic E-state index is 0.101. The van der Waals surface area contributed by atoms with Crippen molar-refractivity contribution in [2.24, 2.45) is 15.6 Å². The lowest BCUT2D eigenvalue weighted by molar-refractivity contribution is -0.137. The van der Waals surface area contributed by atoms with Gasteiger partial charge in [-0.05, 0) is 23.5 Å². The van der Waals surface area contributed by atoms with Crippen LogP contribution < -0.4 is 10.6 Å². The molecule has 5 nitrogen and oxygen atoms in total. The van der Waals surface area contributed by atoms with Gasteiger partial charge < -0.3 is 10.6 Å². The number of hydrogen-bond acceptors (Lipinski definition) is 4. The van der Waals surface area contributed by atoms with Crippen molar-refractivity contribution in [3.63, 3.8) is 0 Å². The fraction of sp³-hybridized carbons (Fsp3) is 0.500. The second-order valence-corrected chi connectivity index (χ2v) is 9.15. The first kappa shape index (κ1) is 20.6. The second kappa shape index (κ2) is 6.68. The molecule has 1 aromatic carbocycles. The van der Waals surface area contributed by atoms with Gasteiger partial charge in [-0.1, -0.05) is 45.9 Å². The van der Waals surface area contributed by atoms with Crippen LogP contribution in [0.2, 0.25) is 0 Å². The summed E-state index contributed by atoms with van der Waals surface area (Å²) < 4.78 is 40.4. The zero-order chi connectivity index (χ0) is 21.9. The quantitative estimate of drug-likeness (QED) is 0.723. The first-order valence-electron chi connectivity index (χ1n) is 10.1. The molecule has 30 heavy (non-hydrogen) atoms. The Morgan fingerprint density at radius 3 is 2.57 bits per heavy atom. The third-order valence-corrected chi connectivity index (χ3v) is 6.40. The van der Waals surface area contributed by atoms with E-state index < -0.39 is 23.3 Å². The van der Waals surface area contributed by atoms with Crippen molar-refractivity contribution in [3.05, 3.63) is 58.4 Å². The van der Waals surface area contributed by atoms with E-state index in [4.69, 9.17) is 0 Å². The molecule has 8 heteroatoms. The van der Waals surface area contributed by atoms with Crippen LogP contribution in [0.3, 0.4) is 0 Å². The zero-order valence-corrected chi connectivity index (χ0v) is 17.4. The molecule has 0 fully saturated rings. The summed E-state index contributed by atoms with van der Waals surface area (Å²) in [4.78, 5) is 13.4. The highest BCUT2D eigenvalue weighted by Gasteiger charge is 2.53. The van der Waals surface area contributed by atoms with Crippen molar-refractivity contribution in [3.8, 4) is 0 Å². The van der Waals surface area contributed by atoms with Crippen LogP contribution in [0.15, 0.2) is 57.5 Å².